The van der Waals surface area contributed by atoms with Gasteiger partial charge in [-0.3, -0.25) is 9.59 Å². The number of amides is 2. The zero-order chi connectivity index (χ0) is 17.8. The highest BCUT2D eigenvalue weighted by Gasteiger charge is 2.39. The Kier molecular flexibility index (Phi) is 7.37. The van der Waals surface area contributed by atoms with E-state index in [0.29, 0.717) is 39.3 Å². The van der Waals surface area contributed by atoms with Gasteiger partial charge in [-0.05, 0) is 17.7 Å². The molecule has 2 amide bonds. The molecule has 2 unspecified atom stereocenters. The minimum absolute atomic E-state index is 0. The molecule has 1 N–H and O–H groups in total. The van der Waals surface area contributed by atoms with Crippen molar-refractivity contribution < 1.29 is 18.7 Å². The van der Waals surface area contributed by atoms with Crippen molar-refractivity contribution in [3.05, 3.63) is 35.6 Å². The van der Waals surface area contributed by atoms with Gasteiger partial charge in [-0.1, -0.05) is 12.1 Å². The van der Waals surface area contributed by atoms with E-state index in [1.54, 1.807) is 23.0 Å². The third kappa shape index (κ3) is 4.52. The van der Waals surface area contributed by atoms with E-state index in [9.17, 15) is 14.0 Å². The van der Waals surface area contributed by atoms with Crippen molar-refractivity contribution in [1.82, 2.24) is 15.1 Å². The van der Waals surface area contributed by atoms with Crippen LogP contribution in [0.25, 0.3) is 0 Å². The molecule has 2 heterocycles. The number of benzene rings is 1. The summed E-state index contributed by atoms with van der Waals surface area (Å²) >= 11 is 0. The number of ether oxygens (including phenoxy) is 1. The zero-order valence-corrected chi connectivity index (χ0v) is 15.6. The molecule has 1 aromatic carbocycles. The smallest absolute Gasteiger partial charge is 0.228 e. The Hall–Kier alpha value is -1.70. The lowest BCUT2D eigenvalue weighted by Crippen LogP contribution is -2.50. The van der Waals surface area contributed by atoms with E-state index in [0.717, 1.165) is 5.56 Å². The number of hydrogen-bond donors (Lipinski definition) is 1. The first-order chi connectivity index (χ1) is 12.1. The Morgan fingerprint density at radius 2 is 2.23 bits per heavy atom. The summed E-state index contributed by atoms with van der Waals surface area (Å²) in [5.74, 6) is -0.673. The molecule has 0 aliphatic carbocycles. The lowest BCUT2D eigenvalue weighted by Gasteiger charge is -2.38. The summed E-state index contributed by atoms with van der Waals surface area (Å²) in [4.78, 5) is 28.6. The van der Waals surface area contributed by atoms with Crippen LogP contribution in [0.1, 0.15) is 18.0 Å². The summed E-state index contributed by atoms with van der Waals surface area (Å²) in [6.45, 7) is 3.25. The maximum atomic E-state index is 13.6. The number of carbonyl (C=O) groups excluding carboxylic acids is 2. The molecule has 2 aliphatic rings. The Balaban J connectivity index is 0.00000243. The number of carbonyl (C=O) groups is 2. The highest BCUT2D eigenvalue weighted by Crippen LogP contribution is 2.28. The van der Waals surface area contributed by atoms with Gasteiger partial charge in [0.1, 0.15) is 5.82 Å². The minimum atomic E-state index is -0.335. The van der Waals surface area contributed by atoms with E-state index in [-0.39, 0.29) is 48.4 Å². The summed E-state index contributed by atoms with van der Waals surface area (Å²) in [7, 11) is 1.59. The molecule has 6 nitrogen and oxygen atoms in total. The van der Waals surface area contributed by atoms with Crippen LogP contribution < -0.4 is 5.32 Å². The van der Waals surface area contributed by atoms with E-state index in [2.05, 4.69) is 5.32 Å². The molecule has 2 aliphatic heterocycles. The lowest BCUT2D eigenvalue weighted by atomic mass is 9.99. The number of hydrogen-bond acceptors (Lipinski definition) is 4. The van der Waals surface area contributed by atoms with Crippen LogP contribution in [-0.4, -0.2) is 68.1 Å². The zero-order valence-electron chi connectivity index (χ0n) is 14.8. The summed E-state index contributed by atoms with van der Waals surface area (Å²) in [5, 5.41) is 3.26. The second-order valence-corrected chi connectivity index (χ2v) is 6.54. The molecule has 0 radical (unpaired) electrons. The van der Waals surface area contributed by atoms with E-state index in [1.807, 2.05) is 6.07 Å². The standard InChI is InChI=1S/C18H24FN3O3.ClH/c1-25-8-7-21-12-14(10-17(21)23)18(24)22-6-5-20-11-16(22)13-3-2-4-15(19)9-13;/h2-4,9,14,16,20H,5-8,10-12H2,1H3;1H. The van der Waals surface area contributed by atoms with Crippen LogP contribution in [0.2, 0.25) is 0 Å². The van der Waals surface area contributed by atoms with Crippen molar-refractivity contribution in [1.29, 1.82) is 0 Å². The molecule has 0 aromatic heterocycles. The summed E-state index contributed by atoms with van der Waals surface area (Å²) in [6, 6.07) is 6.16. The first-order valence-corrected chi connectivity index (χ1v) is 8.63. The first kappa shape index (κ1) is 20.6. The quantitative estimate of drug-likeness (QED) is 0.827. The van der Waals surface area contributed by atoms with Crippen molar-refractivity contribution in [2.24, 2.45) is 5.92 Å². The predicted octanol–water partition coefficient (Wildman–Crippen LogP) is 1.22. The lowest BCUT2D eigenvalue weighted by molar-refractivity contribution is -0.139. The van der Waals surface area contributed by atoms with Gasteiger partial charge in [0.15, 0.2) is 0 Å². The number of rotatable bonds is 5. The van der Waals surface area contributed by atoms with Crippen LogP contribution in [0.5, 0.6) is 0 Å². The van der Waals surface area contributed by atoms with Crippen LogP contribution in [0.4, 0.5) is 4.39 Å². The summed E-state index contributed by atoms with van der Waals surface area (Å²) in [6.07, 6.45) is 0.238. The van der Waals surface area contributed by atoms with E-state index in [4.69, 9.17) is 4.74 Å². The van der Waals surface area contributed by atoms with Gasteiger partial charge in [0, 0.05) is 46.3 Å². The number of halogens is 2. The van der Waals surface area contributed by atoms with Crippen molar-refractivity contribution in [3.63, 3.8) is 0 Å². The van der Waals surface area contributed by atoms with E-state index < -0.39 is 0 Å². The van der Waals surface area contributed by atoms with Gasteiger partial charge in [0.05, 0.1) is 18.6 Å². The molecule has 3 rings (SSSR count). The Bertz CT molecular complexity index is 646. The maximum absolute atomic E-state index is 13.6. The van der Waals surface area contributed by atoms with E-state index in [1.165, 1.54) is 12.1 Å². The van der Waals surface area contributed by atoms with Gasteiger partial charge in [0.25, 0.3) is 0 Å². The van der Waals surface area contributed by atoms with Crippen molar-refractivity contribution in [2.45, 2.75) is 12.5 Å². The summed E-state index contributed by atoms with van der Waals surface area (Å²) < 4.78 is 18.6. The number of piperazine rings is 1. The third-order valence-corrected chi connectivity index (χ3v) is 4.89. The van der Waals surface area contributed by atoms with Gasteiger partial charge < -0.3 is 19.9 Å². The highest BCUT2D eigenvalue weighted by atomic mass is 35.5. The number of likely N-dealkylation sites (tertiary alicyclic amines) is 1. The minimum Gasteiger partial charge on any atom is -0.383 e. The molecule has 26 heavy (non-hydrogen) atoms. The normalized spacial score (nSPS) is 23.1. The SMILES string of the molecule is COCCN1CC(C(=O)N2CCNCC2c2cccc(F)c2)CC1=O.Cl. The molecule has 0 saturated carbocycles. The molecule has 2 fully saturated rings. The van der Waals surface area contributed by atoms with Crippen molar-refractivity contribution in [2.75, 3.05) is 46.4 Å². The van der Waals surface area contributed by atoms with Gasteiger partial charge in [-0.2, -0.15) is 0 Å². The second-order valence-electron chi connectivity index (χ2n) is 6.54. The average molecular weight is 386 g/mol. The van der Waals surface area contributed by atoms with E-state index >= 15 is 0 Å². The molecule has 8 heteroatoms. The molecule has 0 spiro atoms. The fourth-order valence-corrected chi connectivity index (χ4v) is 3.57. The summed E-state index contributed by atoms with van der Waals surface area (Å²) in [5.41, 5.74) is 0.779. The van der Waals surface area contributed by atoms with Gasteiger partial charge in [0.2, 0.25) is 11.8 Å². The number of methoxy groups -OCH3 is 1. The van der Waals surface area contributed by atoms with Gasteiger partial charge in [-0.15, -0.1) is 12.4 Å². The van der Waals surface area contributed by atoms with Gasteiger partial charge >= 0.3 is 0 Å². The number of nitrogens with zero attached hydrogens (tertiary/aromatic N) is 2. The molecule has 144 valence electrons. The van der Waals surface area contributed by atoms with Crippen LogP contribution in [0.15, 0.2) is 24.3 Å². The second kappa shape index (κ2) is 9.30. The molecular formula is C18H25ClFN3O3. The number of nitrogens with one attached hydrogen (secondary N) is 1. The monoisotopic (exact) mass is 385 g/mol. The third-order valence-electron chi connectivity index (χ3n) is 4.89. The molecule has 2 atom stereocenters. The van der Waals surface area contributed by atoms with Crippen LogP contribution in [0, 0.1) is 11.7 Å². The van der Waals surface area contributed by atoms with Gasteiger partial charge in [-0.25, -0.2) is 4.39 Å². The van der Waals surface area contributed by atoms with Crippen molar-refractivity contribution >= 4 is 24.2 Å². The van der Waals surface area contributed by atoms with Crippen LogP contribution in [-0.2, 0) is 14.3 Å². The molecule has 0 bridgehead atoms. The van der Waals surface area contributed by atoms with Crippen LogP contribution in [0.3, 0.4) is 0 Å². The highest BCUT2D eigenvalue weighted by molar-refractivity contribution is 5.89. The topological polar surface area (TPSA) is 61.9 Å². The van der Waals surface area contributed by atoms with Crippen LogP contribution >= 0.6 is 12.4 Å². The maximum Gasteiger partial charge on any atom is 0.228 e. The fourth-order valence-electron chi connectivity index (χ4n) is 3.57. The predicted molar refractivity (Wildman–Crippen MR) is 97.5 cm³/mol. The fraction of sp³-hybridized carbons (Fsp3) is 0.556. The largest absolute Gasteiger partial charge is 0.383 e. The Labute approximate surface area is 159 Å². The molecule has 1 aromatic rings. The Morgan fingerprint density at radius 1 is 1.42 bits per heavy atom. The Morgan fingerprint density at radius 3 is 2.96 bits per heavy atom. The van der Waals surface area contributed by atoms with Crippen molar-refractivity contribution in [3.8, 4) is 0 Å². The average Bonchev–Trinajstić information content (AvgIpc) is 3.00. The molecular weight excluding hydrogens is 361 g/mol. The first-order valence-electron chi connectivity index (χ1n) is 8.63. The molecule has 2 saturated heterocycles.